The van der Waals surface area contributed by atoms with Gasteiger partial charge in [-0.1, -0.05) is 30.4 Å². The van der Waals surface area contributed by atoms with Gasteiger partial charge in [-0.05, 0) is 19.1 Å². The largest absolute Gasteiger partial charge is 0.477 e. The highest BCUT2D eigenvalue weighted by Crippen LogP contribution is 2.26. The number of pyridine rings is 1. The average Bonchev–Trinajstić information content (AvgIpc) is 2.41. The SMILES string of the molecule is C/C=C/c1ccccc1Oc1ccnc(C(=O)O)c1. The van der Waals surface area contributed by atoms with Crippen molar-refractivity contribution >= 4 is 12.0 Å². The number of aromatic carboxylic acids is 1. The molecule has 2 rings (SSSR count). The first kappa shape index (κ1) is 12.8. The molecule has 4 nitrogen and oxygen atoms in total. The second kappa shape index (κ2) is 5.82. The van der Waals surface area contributed by atoms with Gasteiger partial charge in [-0.15, -0.1) is 0 Å². The minimum atomic E-state index is -1.08. The van der Waals surface area contributed by atoms with E-state index in [1.54, 1.807) is 6.07 Å². The second-order valence-corrected chi connectivity index (χ2v) is 3.82. The summed E-state index contributed by atoms with van der Waals surface area (Å²) >= 11 is 0. The minimum absolute atomic E-state index is 0.0407. The molecule has 0 bridgehead atoms. The molecule has 96 valence electrons. The second-order valence-electron chi connectivity index (χ2n) is 3.82. The molecular formula is C15H13NO3. The summed E-state index contributed by atoms with van der Waals surface area (Å²) in [6.45, 7) is 1.92. The Bertz CT molecular complexity index is 620. The van der Waals surface area contributed by atoms with Gasteiger partial charge in [0.25, 0.3) is 0 Å². The van der Waals surface area contributed by atoms with Crippen LogP contribution in [0.5, 0.6) is 11.5 Å². The van der Waals surface area contributed by atoms with Crippen LogP contribution in [0.15, 0.2) is 48.7 Å². The maximum absolute atomic E-state index is 10.8. The van der Waals surface area contributed by atoms with Gasteiger partial charge in [0.2, 0.25) is 0 Å². The van der Waals surface area contributed by atoms with Crippen molar-refractivity contribution in [1.82, 2.24) is 4.98 Å². The first-order chi connectivity index (χ1) is 9.20. The summed E-state index contributed by atoms with van der Waals surface area (Å²) in [4.78, 5) is 14.6. The van der Waals surface area contributed by atoms with Gasteiger partial charge in [-0.3, -0.25) is 0 Å². The van der Waals surface area contributed by atoms with Crippen LogP contribution in [0.4, 0.5) is 0 Å². The van der Waals surface area contributed by atoms with E-state index in [0.717, 1.165) is 5.56 Å². The van der Waals surface area contributed by atoms with E-state index in [2.05, 4.69) is 4.98 Å². The zero-order valence-corrected chi connectivity index (χ0v) is 10.4. The lowest BCUT2D eigenvalue weighted by Gasteiger charge is -2.08. The van der Waals surface area contributed by atoms with Gasteiger partial charge in [-0.2, -0.15) is 0 Å². The topological polar surface area (TPSA) is 59.4 Å². The Morgan fingerprint density at radius 1 is 1.32 bits per heavy atom. The number of nitrogens with zero attached hydrogens (tertiary/aromatic N) is 1. The third kappa shape index (κ3) is 3.19. The first-order valence-electron chi connectivity index (χ1n) is 5.79. The summed E-state index contributed by atoms with van der Waals surface area (Å²) in [5.41, 5.74) is 0.889. The summed E-state index contributed by atoms with van der Waals surface area (Å²) in [5.74, 6) is 0.0414. The highest BCUT2D eigenvalue weighted by molar-refractivity contribution is 5.85. The van der Waals surface area contributed by atoms with Gasteiger partial charge in [-0.25, -0.2) is 9.78 Å². The number of ether oxygens (including phenoxy) is 1. The average molecular weight is 255 g/mol. The Morgan fingerprint density at radius 2 is 2.11 bits per heavy atom. The first-order valence-corrected chi connectivity index (χ1v) is 5.79. The fourth-order valence-corrected chi connectivity index (χ4v) is 1.61. The molecule has 4 heteroatoms. The molecule has 19 heavy (non-hydrogen) atoms. The highest BCUT2D eigenvalue weighted by atomic mass is 16.5. The third-order valence-electron chi connectivity index (χ3n) is 2.44. The molecule has 0 radical (unpaired) electrons. The van der Waals surface area contributed by atoms with Crippen LogP contribution in [-0.4, -0.2) is 16.1 Å². The van der Waals surface area contributed by atoms with Crippen molar-refractivity contribution in [1.29, 1.82) is 0 Å². The van der Waals surface area contributed by atoms with E-state index in [0.29, 0.717) is 11.5 Å². The van der Waals surface area contributed by atoms with Gasteiger partial charge in [0.15, 0.2) is 5.69 Å². The maximum atomic E-state index is 10.8. The van der Waals surface area contributed by atoms with Crippen molar-refractivity contribution in [2.24, 2.45) is 0 Å². The number of carboxylic acids is 1. The van der Waals surface area contributed by atoms with Crippen LogP contribution in [0.1, 0.15) is 23.0 Å². The molecule has 0 unspecified atom stereocenters. The molecule has 2 aromatic rings. The summed E-state index contributed by atoms with van der Waals surface area (Å²) in [6.07, 6.45) is 5.25. The molecule has 0 fully saturated rings. The molecule has 1 N–H and O–H groups in total. The Hall–Kier alpha value is -2.62. The third-order valence-corrected chi connectivity index (χ3v) is 2.44. The molecule has 0 aliphatic heterocycles. The lowest BCUT2D eigenvalue weighted by molar-refractivity contribution is 0.0690. The number of carbonyl (C=O) groups is 1. The van der Waals surface area contributed by atoms with E-state index < -0.39 is 5.97 Å². The van der Waals surface area contributed by atoms with Crippen molar-refractivity contribution in [2.75, 3.05) is 0 Å². The van der Waals surface area contributed by atoms with Crippen LogP contribution in [0.3, 0.4) is 0 Å². The van der Waals surface area contributed by atoms with Crippen LogP contribution in [0.2, 0.25) is 0 Å². The van der Waals surface area contributed by atoms with E-state index in [1.165, 1.54) is 12.3 Å². The summed E-state index contributed by atoms with van der Waals surface area (Å²) in [7, 11) is 0. The summed E-state index contributed by atoms with van der Waals surface area (Å²) in [6, 6.07) is 10.6. The fraction of sp³-hybridized carbons (Fsp3) is 0.0667. The molecule has 0 aliphatic carbocycles. The van der Waals surface area contributed by atoms with Crippen molar-refractivity contribution < 1.29 is 14.6 Å². The number of carboxylic acid groups (broad SMARTS) is 1. The van der Waals surface area contributed by atoms with Crippen LogP contribution in [-0.2, 0) is 0 Å². The van der Waals surface area contributed by atoms with Crippen LogP contribution in [0, 0.1) is 0 Å². The molecule has 1 heterocycles. The lowest BCUT2D eigenvalue weighted by Crippen LogP contribution is -1.99. The van der Waals surface area contributed by atoms with Gasteiger partial charge in [0.1, 0.15) is 11.5 Å². The molecule has 1 aromatic heterocycles. The van der Waals surface area contributed by atoms with Crippen LogP contribution in [0.25, 0.3) is 6.08 Å². The van der Waals surface area contributed by atoms with E-state index in [1.807, 2.05) is 43.3 Å². The van der Waals surface area contributed by atoms with E-state index in [9.17, 15) is 4.79 Å². The quantitative estimate of drug-likeness (QED) is 0.906. The number of rotatable bonds is 4. The predicted molar refractivity (Wildman–Crippen MR) is 72.4 cm³/mol. The maximum Gasteiger partial charge on any atom is 0.354 e. The molecule has 0 atom stereocenters. The van der Waals surface area contributed by atoms with Gasteiger partial charge in [0.05, 0.1) is 0 Å². The standard InChI is InChI=1S/C15H13NO3/c1-2-5-11-6-3-4-7-14(11)19-12-8-9-16-13(10-12)15(17)18/h2-10H,1H3,(H,17,18)/b5-2+. The van der Waals surface area contributed by atoms with Gasteiger partial charge < -0.3 is 9.84 Å². The molecular weight excluding hydrogens is 242 g/mol. The van der Waals surface area contributed by atoms with Crippen molar-refractivity contribution in [3.63, 3.8) is 0 Å². The van der Waals surface area contributed by atoms with E-state index >= 15 is 0 Å². The van der Waals surface area contributed by atoms with Crippen molar-refractivity contribution in [2.45, 2.75) is 6.92 Å². The number of hydrogen-bond donors (Lipinski definition) is 1. The van der Waals surface area contributed by atoms with Crippen molar-refractivity contribution in [3.05, 3.63) is 59.9 Å². The number of allylic oxidation sites excluding steroid dienone is 1. The normalized spacial score (nSPS) is 10.6. The lowest BCUT2D eigenvalue weighted by atomic mass is 10.2. The number of hydrogen-bond acceptors (Lipinski definition) is 3. The Kier molecular flexibility index (Phi) is 3.93. The molecule has 0 spiro atoms. The predicted octanol–water partition coefficient (Wildman–Crippen LogP) is 3.61. The summed E-state index contributed by atoms with van der Waals surface area (Å²) in [5, 5.41) is 8.88. The van der Waals surface area contributed by atoms with Gasteiger partial charge >= 0.3 is 5.97 Å². The van der Waals surface area contributed by atoms with Crippen LogP contribution >= 0.6 is 0 Å². The minimum Gasteiger partial charge on any atom is -0.477 e. The number of aromatic nitrogens is 1. The Balaban J connectivity index is 2.31. The molecule has 1 aromatic carbocycles. The van der Waals surface area contributed by atoms with Gasteiger partial charge in [0, 0.05) is 17.8 Å². The Morgan fingerprint density at radius 3 is 2.84 bits per heavy atom. The van der Waals surface area contributed by atoms with Crippen LogP contribution < -0.4 is 4.74 Å². The zero-order chi connectivity index (χ0) is 13.7. The highest BCUT2D eigenvalue weighted by Gasteiger charge is 2.07. The molecule has 0 saturated carbocycles. The molecule has 0 aliphatic rings. The van der Waals surface area contributed by atoms with E-state index in [4.69, 9.17) is 9.84 Å². The number of benzene rings is 1. The monoisotopic (exact) mass is 255 g/mol. The molecule has 0 saturated heterocycles. The smallest absolute Gasteiger partial charge is 0.354 e. The number of para-hydroxylation sites is 1. The zero-order valence-electron chi connectivity index (χ0n) is 10.4. The fourth-order valence-electron chi connectivity index (χ4n) is 1.61. The van der Waals surface area contributed by atoms with E-state index in [-0.39, 0.29) is 5.69 Å². The Labute approximate surface area is 111 Å². The summed E-state index contributed by atoms with van der Waals surface area (Å²) < 4.78 is 5.70. The van der Waals surface area contributed by atoms with Crippen molar-refractivity contribution in [3.8, 4) is 11.5 Å². The molecule has 0 amide bonds.